The molecule has 0 atom stereocenters. The van der Waals surface area contributed by atoms with Crippen molar-refractivity contribution in [3.63, 3.8) is 0 Å². The fraction of sp³-hybridized carbons (Fsp3) is 0.250. The molecule has 0 radical (unpaired) electrons. The third kappa shape index (κ3) is 2.55. The van der Waals surface area contributed by atoms with Gasteiger partial charge in [0.25, 0.3) is 0 Å². The number of nitrogens with two attached hydrogens (primary N) is 1. The quantitative estimate of drug-likeness (QED) is 0.828. The average Bonchev–Trinajstić information content (AvgIpc) is 2.59. The lowest BCUT2D eigenvalue weighted by Gasteiger charge is -2.07. The zero-order valence-electron chi connectivity index (χ0n) is 9.77. The van der Waals surface area contributed by atoms with Crippen LogP contribution in [0.2, 0.25) is 0 Å². The molecular weight excluding hydrogens is 221 g/mol. The Kier molecular flexibility index (Phi) is 2.99. The first-order chi connectivity index (χ1) is 8.06. The summed E-state index contributed by atoms with van der Waals surface area (Å²) in [5.74, 6) is -0.0146. The lowest BCUT2D eigenvalue weighted by Crippen LogP contribution is -2.03. The van der Waals surface area contributed by atoms with Gasteiger partial charge in [-0.15, -0.1) is 0 Å². The van der Waals surface area contributed by atoms with Crippen molar-refractivity contribution in [1.29, 1.82) is 0 Å². The zero-order chi connectivity index (χ0) is 12.4. The fourth-order valence-electron chi connectivity index (χ4n) is 1.55. The van der Waals surface area contributed by atoms with Gasteiger partial charge in [-0.05, 0) is 25.1 Å². The zero-order valence-corrected chi connectivity index (χ0v) is 9.77. The van der Waals surface area contributed by atoms with Gasteiger partial charge in [0.05, 0.1) is 17.1 Å². The molecule has 90 valence electrons. The molecule has 1 aromatic heterocycles. The summed E-state index contributed by atoms with van der Waals surface area (Å²) in [6, 6.07) is 6.33. The van der Waals surface area contributed by atoms with Crippen LogP contribution in [-0.2, 0) is 13.7 Å². The molecule has 0 saturated heterocycles. The standard InChI is InChI=1S/C12H14FN3O/c1-8-5-9(16(2)15-8)7-17-10-3-4-12(14)11(13)6-10/h3-6H,7,14H2,1-2H3. The predicted molar refractivity (Wildman–Crippen MR) is 63.1 cm³/mol. The third-order valence-electron chi connectivity index (χ3n) is 2.46. The Bertz CT molecular complexity index is 537. The molecule has 1 heterocycles. The SMILES string of the molecule is Cc1cc(COc2ccc(N)c(F)c2)n(C)n1. The van der Waals surface area contributed by atoms with E-state index >= 15 is 0 Å². The molecule has 0 unspecified atom stereocenters. The maximum Gasteiger partial charge on any atom is 0.149 e. The van der Waals surface area contributed by atoms with Gasteiger partial charge in [-0.3, -0.25) is 4.68 Å². The van der Waals surface area contributed by atoms with Crippen LogP contribution in [0.4, 0.5) is 10.1 Å². The highest BCUT2D eigenvalue weighted by Crippen LogP contribution is 2.19. The summed E-state index contributed by atoms with van der Waals surface area (Å²) in [7, 11) is 1.84. The van der Waals surface area contributed by atoms with E-state index < -0.39 is 5.82 Å². The summed E-state index contributed by atoms with van der Waals surface area (Å²) in [4.78, 5) is 0. The Morgan fingerprint density at radius 2 is 2.18 bits per heavy atom. The van der Waals surface area contributed by atoms with Crippen molar-refractivity contribution in [2.24, 2.45) is 7.05 Å². The predicted octanol–water partition coefficient (Wildman–Crippen LogP) is 2.03. The van der Waals surface area contributed by atoms with Gasteiger partial charge in [-0.2, -0.15) is 5.10 Å². The van der Waals surface area contributed by atoms with Crippen LogP contribution >= 0.6 is 0 Å². The molecule has 0 spiro atoms. The molecule has 0 saturated carbocycles. The van der Waals surface area contributed by atoms with E-state index in [1.165, 1.54) is 12.1 Å². The number of rotatable bonds is 3. The van der Waals surface area contributed by atoms with Crippen molar-refractivity contribution in [2.75, 3.05) is 5.73 Å². The number of anilines is 1. The van der Waals surface area contributed by atoms with E-state index in [-0.39, 0.29) is 5.69 Å². The Morgan fingerprint density at radius 1 is 1.41 bits per heavy atom. The Morgan fingerprint density at radius 3 is 2.76 bits per heavy atom. The van der Waals surface area contributed by atoms with E-state index in [2.05, 4.69) is 5.10 Å². The lowest BCUT2D eigenvalue weighted by atomic mass is 10.3. The number of halogens is 1. The van der Waals surface area contributed by atoms with Gasteiger partial charge in [0.1, 0.15) is 18.2 Å². The van der Waals surface area contributed by atoms with Gasteiger partial charge in [0.15, 0.2) is 0 Å². The van der Waals surface area contributed by atoms with Crippen molar-refractivity contribution in [3.8, 4) is 5.75 Å². The number of aromatic nitrogens is 2. The molecule has 17 heavy (non-hydrogen) atoms. The van der Waals surface area contributed by atoms with Crippen LogP contribution < -0.4 is 10.5 Å². The van der Waals surface area contributed by atoms with E-state index in [1.807, 2.05) is 20.0 Å². The van der Waals surface area contributed by atoms with Crippen molar-refractivity contribution in [1.82, 2.24) is 9.78 Å². The van der Waals surface area contributed by atoms with Crippen LogP contribution in [0.5, 0.6) is 5.75 Å². The second kappa shape index (κ2) is 4.45. The normalized spacial score (nSPS) is 10.5. The lowest BCUT2D eigenvalue weighted by molar-refractivity contribution is 0.293. The van der Waals surface area contributed by atoms with Gasteiger partial charge in [-0.25, -0.2) is 4.39 Å². The summed E-state index contributed by atoms with van der Waals surface area (Å²) in [6.07, 6.45) is 0. The average molecular weight is 235 g/mol. The molecule has 2 rings (SSSR count). The van der Waals surface area contributed by atoms with Crippen LogP contribution in [-0.4, -0.2) is 9.78 Å². The highest BCUT2D eigenvalue weighted by atomic mass is 19.1. The molecule has 0 aliphatic rings. The van der Waals surface area contributed by atoms with Gasteiger partial charge in [0, 0.05) is 13.1 Å². The molecule has 1 aromatic carbocycles. The first-order valence-electron chi connectivity index (χ1n) is 5.23. The Hall–Kier alpha value is -2.04. The van der Waals surface area contributed by atoms with Crippen LogP contribution in [0.1, 0.15) is 11.4 Å². The number of hydrogen-bond donors (Lipinski definition) is 1. The molecular formula is C12H14FN3O. The van der Waals surface area contributed by atoms with E-state index in [0.717, 1.165) is 11.4 Å². The first-order valence-corrected chi connectivity index (χ1v) is 5.23. The number of benzene rings is 1. The van der Waals surface area contributed by atoms with Crippen LogP contribution in [0.15, 0.2) is 24.3 Å². The van der Waals surface area contributed by atoms with E-state index in [0.29, 0.717) is 12.4 Å². The molecule has 0 aliphatic carbocycles. The Balaban J connectivity index is 2.07. The smallest absolute Gasteiger partial charge is 0.149 e. The number of nitrogen functional groups attached to an aromatic ring is 1. The molecule has 0 fully saturated rings. The van der Waals surface area contributed by atoms with Crippen LogP contribution in [0.25, 0.3) is 0 Å². The highest BCUT2D eigenvalue weighted by molar-refractivity contribution is 5.43. The molecule has 5 heteroatoms. The molecule has 4 nitrogen and oxygen atoms in total. The monoisotopic (exact) mass is 235 g/mol. The summed E-state index contributed by atoms with van der Waals surface area (Å²) in [5.41, 5.74) is 7.35. The number of ether oxygens (including phenoxy) is 1. The highest BCUT2D eigenvalue weighted by Gasteiger charge is 2.04. The van der Waals surface area contributed by atoms with E-state index in [9.17, 15) is 4.39 Å². The number of nitrogens with zero attached hydrogens (tertiary/aromatic N) is 2. The second-order valence-corrected chi connectivity index (χ2v) is 3.87. The summed E-state index contributed by atoms with van der Waals surface area (Å²) in [6.45, 7) is 2.26. The van der Waals surface area contributed by atoms with E-state index in [1.54, 1.807) is 10.7 Å². The minimum absolute atomic E-state index is 0.119. The largest absolute Gasteiger partial charge is 0.487 e. The van der Waals surface area contributed by atoms with Crippen molar-refractivity contribution in [2.45, 2.75) is 13.5 Å². The van der Waals surface area contributed by atoms with Gasteiger partial charge >= 0.3 is 0 Å². The van der Waals surface area contributed by atoms with Crippen LogP contribution in [0.3, 0.4) is 0 Å². The molecule has 2 N–H and O–H groups in total. The van der Waals surface area contributed by atoms with Crippen molar-refractivity contribution in [3.05, 3.63) is 41.5 Å². The minimum Gasteiger partial charge on any atom is -0.487 e. The van der Waals surface area contributed by atoms with Crippen molar-refractivity contribution < 1.29 is 9.13 Å². The first kappa shape index (κ1) is 11.4. The third-order valence-corrected chi connectivity index (χ3v) is 2.46. The summed E-state index contributed by atoms with van der Waals surface area (Å²) in [5, 5.41) is 4.20. The topological polar surface area (TPSA) is 53.1 Å². The van der Waals surface area contributed by atoms with Gasteiger partial charge < -0.3 is 10.5 Å². The van der Waals surface area contributed by atoms with Crippen LogP contribution in [0, 0.1) is 12.7 Å². The summed E-state index contributed by atoms with van der Waals surface area (Å²) < 4.78 is 20.4. The minimum atomic E-state index is -0.469. The number of aryl methyl sites for hydroxylation is 2. The van der Waals surface area contributed by atoms with E-state index in [4.69, 9.17) is 10.5 Å². The van der Waals surface area contributed by atoms with Gasteiger partial charge in [-0.1, -0.05) is 0 Å². The van der Waals surface area contributed by atoms with Gasteiger partial charge in [0.2, 0.25) is 0 Å². The maximum absolute atomic E-state index is 13.2. The van der Waals surface area contributed by atoms with Crippen molar-refractivity contribution >= 4 is 5.69 Å². The maximum atomic E-state index is 13.2. The molecule has 0 amide bonds. The molecule has 0 bridgehead atoms. The Labute approximate surface area is 98.8 Å². The second-order valence-electron chi connectivity index (χ2n) is 3.87. The fourth-order valence-corrected chi connectivity index (χ4v) is 1.55. The number of hydrogen-bond acceptors (Lipinski definition) is 3. The molecule has 2 aromatic rings. The molecule has 0 aliphatic heterocycles. The summed E-state index contributed by atoms with van der Waals surface area (Å²) >= 11 is 0.